The number of carbonyl (C=O) groups is 1. The summed E-state index contributed by atoms with van der Waals surface area (Å²) < 4.78 is 25.2. The van der Waals surface area contributed by atoms with Crippen molar-refractivity contribution in [3.05, 3.63) is 0 Å². The van der Waals surface area contributed by atoms with Crippen LogP contribution in [0.1, 0.15) is 32.1 Å². The molecule has 2 fully saturated rings. The summed E-state index contributed by atoms with van der Waals surface area (Å²) in [6.45, 7) is 0.367. The van der Waals surface area contributed by atoms with Gasteiger partial charge >= 0.3 is 5.97 Å². The normalized spacial score (nSPS) is 27.9. The fraction of sp³-hybridized carbons (Fsp3) is 0.900. The van der Waals surface area contributed by atoms with Crippen LogP contribution in [-0.2, 0) is 14.8 Å². The molecule has 5 nitrogen and oxygen atoms in total. The first-order valence-electron chi connectivity index (χ1n) is 5.73. The van der Waals surface area contributed by atoms with Crippen LogP contribution in [0, 0.1) is 5.92 Å². The Balaban J connectivity index is 2.06. The van der Waals surface area contributed by atoms with Crippen molar-refractivity contribution in [1.29, 1.82) is 0 Å². The molecule has 2 rings (SSSR count). The minimum atomic E-state index is -3.36. The van der Waals surface area contributed by atoms with Crippen molar-refractivity contribution < 1.29 is 18.3 Å². The number of nitrogens with zero attached hydrogens (tertiary/aromatic N) is 1. The Labute approximate surface area is 95.5 Å². The number of hydrogen-bond acceptors (Lipinski definition) is 3. The largest absolute Gasteiger partial charge is 0.480 e. The number of hydrogen-bond donors (Lipinski definition) is 1. The summed E-state index contributed by atoms with van der Waals surface area (Å²) >= 11 is 0. The molecule has 16 heavy (non-hydrogen) atoms. The van der Waals surface area contributed by atoms with Crippen LogP contribution in [0.3, 0.4) is 0 Å². The Morgan fingerprint density at radius 2 is 1.94 bits per heavy atom. The summed E-state index contributed by atoms with van der Waals surface area (Å²) in [5.41, 5.74) is 0. The molecule has 0 radical (unpaired) electrons. The topological polar surface area (TPSA) is 74.7 Å². The summed E-state index contributed by atoms with van der Waals surface area (Å²) in [7, 11) is -3.36. The minimum absolute atomic E-state index is 0.136. The summed E-state index contributed by atoms with van der Waals surface area (Å²) in [5.74, 6) is -0.633. The molecule has 0 amide bonds. The molecule has 1 aliphatic carbocycles. The third kappa shape index (κ3) is 2.22. The molecule has 1 unspecified atom stereocenters. The van der Waals surface area contributed by atoms with E-state index in [1.165, 1.54) is 4.31 Å². The van der Waals surface area contributed by atoms with Crippen molar-refractivity contribution in [2.45, 2.75) is 38.1 Å². The van der Waals surface area contributed by atoms with Gasteiger partial charge in [0.2, 0.25) is 10.0 Å². The lowest BCUT2D eigenvalue weighted by Gasteiger charge is -2.28. The van der Waals surface area contributed by atoms with Crippen LogP contribution in [0.5, 0.6) is 0 Å². The smallest absolute Gasteiger partial charge is 0.322 e. The summed E-state index contributed by atoms with van der Waals surface area (Å²) in [4.78, 5) is 10.9. The standard InChI is InChI=1S/C10H17NO4S/c12-10(13)9-5-2-6-11(9)16(14,15)7-8-3-1-4-8/h8-9H,1-7H2,(H,12,13). The third-order valence-corrected chi connectivity index (χ3v) is 5.56. The van der Waals surface area contributed by atoms with Gasteiger partial charge in [0.15, 0.2) is 0 Å². The van der Waals surface area contributed by atoms with Gasteiger partial charge in [-0.3, -0.25) is 4.79 Å². The highest BCUT2D eigenvalue weighted by Crippen LogP contribution is 2.30. The van der Waals surface area contributed by atoms with E-state index in [-0.39, 0.29) is 11.7 Å². The van der Waals surface area contributed by atoms with Gasteiger partial charge in [0.05, 0.1) is 5.75 Å². The van der Waals surface area contributed by atoms with E-state index < -0.39 is 22.0 Å². The predicted molar refractivity (Wildman–Crippen MR) is 58.5 cm³/mol. The van der Waals surface area contributed by atoms with Crippen molar-refractivity contribution in [1.82, 2.24) is 4.31 Å². The second kappa shape index (κ2) is 4.33. The predicted octanol–water partition coefficient (Wildman–Crippen LogP) is 0.665. The molecule has 0 aromatic rings. The SMILES string of the molecule is O=C(O)C1CCCN1S(=O)(=O)CC1CCC1. The zero-order valence-electron chi connectivity index (χ0n) is 9.13. The van der Waals surface area contributed by atoms with E-state index in [1.54, 1.807) is 0 Å². The molecule has 0 spiro atoms. The zero-order valence-corrected chi connectivity index (χ0v) is 9.95. The van der Waals surface area contributed by atoms with E-state index >= 15 is 0 Å². The highest BCUT2D eigenvalue weighted by Gasteiger charge is 2.40. The first-order chi connectivity index (χ1) is 7.50. The van der Waals surface area contributed by atoms with Crippen molar-refractivity contribution in [2.75, 3.05) is 12.3 Å². The lowest BCUT2D eigenvalue weighted by molar-refractivity contribution is -0.140. The molecule has 0 bridgehead atoms. The van der Waals surface area contributed by atoms with Gasteiger partial charge in [-0.25, -0.2) is 8.42 Å². The quantitative estimate of drug-likeness (QED) is 0.792. The van der Waals surface area contributed by atoms with Crippen LogP contribution in [0.4, 0.5) is 0 Å². The lowest BCUT2D eigenvalue weighted by atomic mass is 9.87. The average Bonchev–Trinajstić information content (AvgIpc) is 2.60. The number of carboxylic acid groups (broad SMARTS) is 1. The van der Waals surface area contributed by atoms with E-state index in [1.807, 2.05) is 0 Å². The van der Waals surface area contributed by atoms with E-state index in [2.05, 4.69) is 0 Å². The minimum Gasteiger partial charge on any atom is -0.480 e. The second-order valence-electron chi connectivity index (χ2n) is 4.68. The maximum atomic E-state index is 12.0. The van der Waals surface area contributed by atoms with E-state index in [4.69, 9.17) is 5.11 Å². The van der Waals surface area contributed by atoms with Crippen LogP contribution in [0.2, 0.25) is 0 Å². The molecule has 1 N–H and O–H groups in total. The summed E-state index contributed by atoms with van der Waals surface area (Å²) in [6.07, 6.45) is 4.12. The fourth-order valence-corrected chi connectivity index (χ4v) is 4.48. The Hall–Kier alpha value is -0.620. The second-order valence-corrected chi connectivity index (χ2v) is 6.65. The lowest BCUT2D eigenvalue weighted by Crippen LogP contribution is -2.43. The zero-order chi connectivity index (χ0) is 11.8. The molecule has 92 valence electrons. The highest BCUT2D eigenvalue weighted by atomic mass is 32.2. The number of sulfonamides is 1. The van der Waals surface area contributed by atoms with E-state index in [0.717, 1.165) is 19.3 Å². The van der Waals surface area contributed by atoms with Crippen molar-refractivity contribution in [3.63, 3.8) is 0 Å². The first-order valence-corrected chi connectivity index (χ1v) is 7.34. The summed E-state index contributed by atoms with van der Waals surface area (Å²) in [6, 6.07) is -0.829. The van der Waals surface area contributed by atoms with Gasteiger partial charge in [0.25, 0.3) is 0 Å². The van der Waals surface area contributed by atoms with E-state index in [0.29, 0.717) is 19.4 Å². The van der Waals surface area contributed by atoms with Gasteiger partial charge in [0, 0.05) is 6.54 Å². The highest BCUT2D eigenvalue weighted by molar-refractivity contribution is 7.89. The molecule has 2 aliphatic rings. The van der Waals surface area contributed by atoms with Crippen LogP contribution >= 0.6 is 0 Å². The van der Waals surface area contributed by atoms with Crippen molar-refractivity contribution in [2.24, 2.45) is 5.92 Å². The number of aliphatic carboxylic acids is 1. The summed E-state index contributed by atoms with van der Waals surface area (Å²) in [5, 5.41) is 8.95. The maximum absolute atomic E-state index is 12.0. The molecule has 1 saturated carbocycles. The molecule has 1 heterocycles. The Morgan fingerprint density at radius 3 is 2.44 bits per heavy atom. The van der Waals surface area contributed by atoms with Gasteiger partial charge in [-0.05, 0) is 31.6 Å². The molecular weight excluding hydrogens is 230 g/mol. The molecular formula is C10H17NO4S. The third-order valence-electron chi connectivity index (χ3n) is 3.52. The molecule has 0 aromatic heterocycles. The van der Waals surface area contributed by atoms with Gasteiger partial charge in [0.1, 0.15) is 6.04 Å². The van der Waals surface area contributed by atoms with Crippen LogP contribution in [0.25, 0.3) is 0 Å². The molecule has 1 aliphatic heterocycles. The van der Waals surface area contributed by atoms with Crippen LogP contribution in [-0.4, -0.2) is 42.1 Å². The fourth-order valence-electron chi connectivity index (χ4n) is 2.37. The van der Waals surface area contributed by atoms with Gasteiger partial charge in [-0.15, -0.1) is 0 Å². The van der Waals surface area contributed by atoms with Gasteiger partial charge < -0.3 is 5.11 Å². The Kier molecular flexibility index (Phi) is 3.21. The number of carboxylic acids is 1. The monoisotopic (exact) mass is 247 g/mol. The molecule has 1 atom stereocenters. The molecule has 6 heteroatoms. The number of rotatable bonds is 4. The average molecular weight is 247 g/mol. The van der Waals surface area contributed by atoms with Crippen molar-refractivity contribution in [3.8, 4) is 0 Å². The maximum Gasteiger partial charge on any atom is 0.322 e. The van der Waals surface area contributed by atoms with Crippen LogP contribution < -0.4 is 0 Å². The Morgan fingerprint density at radius 1 is 1.25 bits per heavy atom. The first kappa shape index (κ1) is 11.9. The van der Waals surface area contributed by atoms with Crippen LogP contribution in [0.15, 0.2) is 0 Å². The molecule has 0 aromatic carbocycles. The molecule has 1 saturated heterocycles. The Bertz CT molecular complexity index is 374. The van der Waals surface area contributed by atoms with Gasteiger partial charge in [-0.2, -0.15) is 4.31 Å². The van der Waals surface area contributed by atoms with Crippen molar-refractivity contribution >= 4 is 16.0 Å². The van der Waals surface area contributed by atoms with E-state index in [9.17, 15) is 13.2 Å². The van der Waals surface area contributed by atoms with Gasteiger partial charge in [-0.1, -0.05) is 6.42 Å².